The first-order valence-electron chi connectivity index (χ1n) is 8.23. The Kier molecular flexibility index (Phi) is 5.59. The van der Waals surface area contributed by atoms with Gasteiger partial charge in [0.1, 0.15) is 0 Å². The molecule has 4 heteroatoms. The van der Waals surface area contributed by atoms with Crippen LogP contribution in [-0.2, 0) is 13.1 Å². The van der Waals surface area contributed by atoms with Gasteiger partial charge in [0.15, 0.2) is 0 Å². The minimum Gasteiger partial charge on any atom is -0.299 e. The van der Waals surface area contributed by atoms with Gasteiger partial charge >= 0.3 is 0 Å². The van der Waals surface area contributed by atoms with Crippen LogP contribution in [0, 0.1) is 0 Å². The number of likely N-dealkylation sites (N-methyl/N-ethyl adjacent to an activating group) is 1. The fourth-order valence-corrected chi connectivity index (χ4v) is 4.12. The molecule has 0 aliphatic carbocycles. The van der Waals surface area contributed by atoms with E-state index in [0.717, 1.165) is 19.6 Å². The summed E-state index contributed by atoms with van der Waals surface area (Å²) in [7, 11) is 0. The normalized spacial score (nSPS) is 19.1. The van der Waals surface area contributed by atoms with Crippen molar-refractivity contribution >= 4 is 11.3 Å². The summed E-state index contributed by atoms with van der Waals surface area (Å²) in [5.41, 5.74) is 1.35. The van der Waals surface area contributed by atoms with Crippen LogP contribution >= 0.6 is 11.3 Å². The molecule has 0 saturated carbocycles. The summed E-state index contributed by atoms with van der Waals surface area (Å²) in [6, 6.07) is 9.38. The molecule has 0 radical (unpaired) electrons. The van der Waals surface area contributed by atoms with E-state index in [2.05, 4.69) is 51.4 Å². The summed E-state index contributed by atoms with van der Waals surface area (Å²) >= 11 is 1.86. The first kappa shape index (κ1) is 15.7. The Balaban J connectivity index is 1.68. The maximum absolute atomic E-state index is 4.13. The van der Waals surface area contributed by atoms with E-state index in [-0.39, 0.29) is 0 Å². The van der Waals surface area contributed by atoms with Crippen molar-refractivity contribution in [1.82, 2.24) is 14.8 Å². The van der Waals surface area contributed by atoms with Crippen LogP contribution in [0.1, 0.15) is 30.2 Å². The molecule has 22 heavy (non-hydrogen) atoms. The molecule has 1 fully saturated rings. The maximum Gasteiger partial charge on any atom is 0.0332 e. The fourth-order valence-electron chi connectivity index (χ4n) is 3.37. The summed E-state index contributed by atoms with van der Waals surface area (Å²) in [4.78, 5) is 10.8. The molecular formula is C18H25N3S. The van der Waals surface area contributed by atoms with E-state index >= 15 is 0 Å². The minimum atomic E-state index is 0.715. The molecule has 1 saturated heterocycles. The van der Waals surface area contributed by atoms with Crippen molar-refractivity contribution in [1.29, 1.82) is 0 Å². The van der Waals surface area contributed by atoms with Crippen molar-refractivity contribution in [2.45, 2.75) is 38.9 Å². The summed E-state index contributed by atoms with van der Waals surface area (Å²) in [5.74, 6) is 0. The first-order chi connectivity index (χ1) is 10.8. The Labute approximate surface area is 137 Å². The lowest BCUT2D eigenvalue weighted by Gasteiger charge is -2.30. The quantitative estimate of drug-likeness (QED) is 0.778. The maximum atomic E-state index is 4.13. The van der Waals surface area contributed by atoms with Crippen molar-refractivity contribution < 1.29 is 0 Å². The van der Waals surface area contributed by atoms with Crippen LogP contribution < -0.4 is 0 Å². The van der Waals surface area contributed by atoms with Crippen molar-refractivity contribution in [3.05, 3.63) is 52.5 Å². The number of pyridine rings is 1. The van der Waals surface area contributed by atoms with E-state index in [4.69, 9.17) is 0 Å². The number of nitrogens with zero attached hydrogens (tertiary/aromatic N) is 3. The molecule has 0 unspecified atom stereocenters. The Morgan fingerprint density at radius 2 is 2.14 bits per heavy atom. The number of thiophene rings is 1. The highest BCUT2D eigenvalue weighted by Crippen LogP contribution is 2.21. The van der Waals surface area contributed by atoms with Crippen molar-refractivity contribution in [2.24, 2.45) is 0 Å². The Hall–Kier alpha value is -1.23. The third-order valence-electron chi connectivity index (χ3n) is 4.49. The standard InChI is InChI=1S/C18H25N3S/c1-2-21-11-3-5-17(21)14-20(15-18-6-4-12-22-18)13-16-7-9-19-10-8-16/h4,6-10,12,17H,2-3,5,11,13-15H2,1H3/t17-/m0/s1. The third kappa shape index (κ3) is 4.15. The van der Waals surface area contributed by atoms with E-state index in [1.807, 2.05) is 23.7 Å². The van der Waals surface area contributed by atoms with Crippen molar-refractivity contribution in [3.63, 3.8) is 0 Å². The van der Waals surface area contributed by atoms with Gasteiger partial charge in [0.05, 0.1) is 0 Å². The highest BCUT2D eigenvalue weighted by Gasteiger charge is 2.25. The van der Waals surface area contributed by atoms with Gasteiger partial charge in [0.2, 0.25) is 0 Å². The summed E-state index contributed by atoms with van der Waals surface area (Å²) in [6.07, 6.45) is 6.48. The Bertz CT molecular complexity index is 541. The highest BCUT2D eigenvalue weighted by atomic mass is 32.1. The van der Waals surface area contributed by atoms with E-state index in [0.29, 0.717) is 6.04 Å². The molecule has 2 aromatic heterocycles. The molecule has 3 nitrogen and oxygen atoms in total. The summed E-state index contributed by atoms with van der Waals surface area (Å²) in [5, 5.41) is 2.17. The van der Waals surface area contributed by atoms with Crippen LogP contribution in [0.3, 0.4) is 0 Å². The summed E-state index contributed by atoms with van der Waals surface area (Å²) in [6.45, 7) is 7.94. The zero-order chi connectivity index (χ0) is 15.2. The average molecular weight is 315 g/mol. The number of aromatic nitrogens is 1. The largest absolute Gasteiger partial charge is 0.299 e. The predicted octanol–water partition coefficient (Wildman–Crippen LogP) is 3.63. The van der Waals surface area contributed by atoms with Crippen LogP contribution in [0.5, 0.6) is 0 Å². The van der Waals surface area contributed by atoms with Crippen molar-refractivity contribution in [2.75, 3.05) is 19.6 Å². The van der Waals surface area contributed by atoms with Gasteiger partial charge in [-0.3, -0.25) is 14.8 Å². The number of rotatable bonds is 7. The SMILES string of the molecule is CCN1CCC[C@H]1CN(Cc1ccncc1)Cc1cccs1. The molecule has 0 N–H and O–H groups in total. The van der Waals surface area contributed by atoms with Crippen molar-refractivity contribution in [3.8, 4) is 0 Å². The van der Waals surface area contributed by atoms with Gasteiger partial charge in [0.25, 0.3) is 0 Å². The molecule has 1 atom stereocenters. The minimum absolute atomic E-state index is 0.715. The molecule has 3 rings (SSSR count). The molecule has 0 amide bonds. The number of hydrogen-bond acceptors (Lipinski definition) is 4. The second-order valence-corrected chi connectivity index (χ2v) is 7.06. The van der Waals surface area contributed by atoms with Gasteiger partial charge < -0.3 is 0 Å². The van der Waals surface area contributed by atoms with E-state index in [9.17, 15) is 0 Å². The van der Waals surface area contributed by atoms with Crippen LogP contribution in [-0.4, -0.2) is 40.5 Å². The monoisotopic (exact) mass is 315 g/mol. The van der Waals surface area contributed by atoms with Crippen LogP contribution in [0.15, 0.2) is 42.0 Å². The second kappa shape index (κ2) is 7.86. The topological polar surface area (TPSA) is 19.4 Å². The van der Waals surface area contributed by atoms with E-state index < -0.39 is 0 Å². The van der Waals surface area contributed by atoms with Crippen LogP contribution in [0.25, 0.3) is 0 Å². The summed E-state index contributed by atoms with van der Waals surface area (Å²) < 4.78 is 0. The molecule has 3 heterocycles. The third-order valence-corrected chi connectivity index (χ3v) is 5.35. The number of hydrogen-bond donors (Lipinski definition) is 0. The van der Waals surface area contributed by atoms with Gasteiger partial charge in [-0.1, -0.05) is 13.0 Å². The molecule has 0 bridgehead atoms. The zero-order valence-electron chi connectivity index (χ0n) is 13.3. The van der Waals surface area contributed by atoms with Gasteiger partial charge in [0, 0.05) is 42.9 Å². The molecule has 0 aromatic carbocycles. The smallest absolute Gasteiger partial charge is 0.0332 e. The molecule has 1 aliphatic heterocycles. The molecule has 2 aromatic rings. The number of likely N-dealkylation sites (tertiary alicyclic amines) is 1. The zero-order valence-corrected chi connectivity index (χ0v) is 14.1. The lowest BCUT2D eigenvalue weighted by atomic mass is 10.1. The van der Waals surface area contributed by atoms with Gasteiger partial charge in [-0.05, 0) is 55.1 Å². The van der Waals surface area contributed by atoms with Crippen LogP contribution in [0.2, 0.25) is 0 Å². The molecular weight excluding hydrogens is 290 g/mol. The van der Waals surface area contributed by atoms with Gasteiger partial charge in [-0.2, -0.15) is 0 Å². The predicted molar refractivity (Wildman–Crippen MR) is 92.9 cm³/mol. The molecule has 0 spiro atoms. The lowest BCUT2D eigenvalue weighted by Crippen LogP contribution is -2.39. The molecule has 118 valence electrons. The van der Waals surface area contributed by atoms with Gasteiger partial charge in [-0.25, -0.2) is 0 Å². The molecule has 1 aliphatic rings. The van der Waals surface area contributed by atoms with E-state index in [1.54, 1.807) is 0 Å². The second-order valence-electron chi connectivity index (χ2n) is 6.03. The highest BCUT2D eigenvalue weighted by molar-refractivity contribution is 7.09. The van der Waals surface area contributed by atoms with E-state index in [1.165, 1.54) is 36.4 Å². The first-order valence-corrected chi connectivity index (χ1v) is 9.11. The Morgan fingerprint density at radius 3 is 2.86 bits per heavy atom. The van der Waals surface area contributed by atoms with Crippen LogP contribution in [0.4, 0.5) is 0 Å². The lowest BCUT2D eigenvalue weighted by molar-refractivity contribution is 0.167. The van der Waals surface area contributed by atoms with Gasteiger partial charge in [-0.15, -0.1) is 11.3 Å². The Morgan fingerprint density at radius 1 is 1.27 bits per heavy atom. The average Bonchev–Trinajstić information content (AvgIpc) is 3.20. The fraction of sp³-hybridized carbons (Fsp3) is 0.500.